The first-order chi connectivity index (χ1) is 16.9. The van der Waals surface area contributed by atoms with Crippen molar-refractivity contribution in [2.45, 2.75) is 84.1 Å². The highest BCUT2D eigenvalue weighted by molar-refractivity contribution is 5.80. The SMILES string of the molecule is CCC(c1ccc(F)cc1)N(C)C(=O)C1CCC2C3CCC4CC(COC)CCC4C3CCC12C. The maximum Gasteiger partial charge on any atom is 0.226 e. The molecule has 9 unspecified atom stereocenters. The van der Waals surface area contributed by atoms with Gasteiger partial charge in [0.1, 0.15) is 5.82 Å². The van der Waals surface area contributed by atoms with E-state index in [1.807, 2.05) is 31.2 Å². The summed E-state index contributed by atoms with van der Waals surface area (Å²) in [6, 6.07) is 6.74. The lowest BCUT2D eigenvalue weighted by Gasteiger charge is -2.56. The number of methoxy groups -OCH3 is 1. The minimum Gasteiger partial charge on any atom is -0.384 e. The zero-order valence-corrected chi connectivity index (χ0v) is 22.3. The van der Waals surface area contributed by atoms with Gasteiger partial charge < -0.3 is 9.64 Å². The van der Waals surface area contributed by atoms with Crippen molar-refractivity contribution < 1.29 is 13.9 Å². The van der Waals surface area contributed by atoms with E-state index in [2.05, 4.69) is 13.8 Å². The number of rotatable bonds is 6. The Hall–Kier alpha value is -1.42. The standard InChI is InChI=1S/C31H46FNO2/c1-5-29(21-7-10-23(32)11-8-21)33(3)30(34)28-15-14-27-26-13-9-22-18-20(19-35-4)6-12-24(22)25(26)16-17-31(27,28)2/h7-8,10-11,20,22,24-29H,5-6,9,12-19H2,1-4H3. The second-order valence-corrected chi connectivity index (χ2v) is 12.7. The molecule has 9 atom stereocenters. The van der Waals surface area contributed by atoms with Crippen molar-refractivity contribution in [1.82, 2.24) is 4.90 Å². The van der Waals surface area contributed by atoms with E-state index < -0.39 is 0 Å². The summed E-state index contributed by atoms with van der Waals surface area (Å²) >= 11 is 0. The number of amides is 1. The van der Waals surface area contributed by atoms with E-state index >= 15 is 0 Å². The van der Waals surface area contributed by atoms with Gasteiger partial charge in [-0.3, -0.25) is 4.79 Å². The molecule has 1 aromatic carbocycles. The lowest BCUT2D eigenvalue weighted by Crippen LogP contribution is -2.51. The van der Waals surface area contributed by atoms with Gasteiger partial charge in [0.2, 0.25) is 5.91 Å². The summed E-state index contributed by atoms with van der Waals surface area (Å²) < 4.78 is 19.0. The first-order valence-corrected chi connectivity index (χ1v) is 14.4. The number of halogens is 1. The molecule has 0 N–H and O–H groups in total. The van der Waals surface area contributed by atoms with E-state index in [4.69, 9.17) is 4.74 Å². The molecule has 0 bridgehead atoms. The van der Waals surface area contributed by atoms with Gasteiger partial charge in [-0.15, -0.1) is 0 Å². The Kier molecular flexibility index (Phi) is 7.32. The largest absolute Gasteiger partial charge is 0.384 e. The number of fused-ring (bicyclic) bond motifs is 5. The van der Waals surface area contributed by atoms with Crippen LogP contribution < -0.4 is 0 Å². The molecule has 0 radical (unpaired) electrons. The van der Waals surface area contributed by atoms with Crippen molar-refractivity contribution in [3.63, 3.8) is 0 Å². The summed E-state index contributed by atoms with van der Waals surface area (Å²) in [5, 5.41) is 0. The van der Waals surface area contributed by atoms with Crippen molar-refractivity contribution in [2.24, 2.45) is 46.8 Å². The van der Waals surface area contributed by atoms with Crippen molar-refractivity contribution in [1.29, 1.82) is 0 Å². The molecule has 4 saturated carbocycles. The van der Waals surface area contributed by atoms with Gasteiger partial charge in [0.05, 0.1) is 6.04 Å². The average Bonchev–Trinajstić information content (AvgIpc) is 3.22. The van der Waals surface area contributed by atoms with Gasteiger partial charge in [-0.25, -0.2) is 4.39 Å². The Morgan fingerprint density at radius 1 is 1.06 bits per heavy atom. The smallest absolute Gasteiger partial charge is 0.226 e. The number of hydrogen-bond donors (Lipinski definition) is 0. The van der Waals surface area contributed by atoms with Gasteiger partial charge in [0.15, 0.2) is 0 Å². The fourth-order valence-electron chi connectivity index (χ4n) is 9.56. The molecule has 0 aromatic heterocycles. The van der Waals surface area contributed by atoms with E-state index in [-0.39, 0.29) is 23.2 Å². The molecular weight excluding hydrogens is 437 g/mol. The summed E-state index contributed by atoms with van der Waals surface area (Å²) in [7, 11) is 3.83. The third-order valence-corrected chi connectivity index (χ3v) is 11.2. The summed E-state index contributed by atoms with van der Waals surface area (Å²) in [5.74, 6) is 5.20. The number of carbonyl (C=O) groups excluding carboxylic acids is 1. The zero-order valence-electron chi connectivity index (χ0n) is 22.3. The number of carbonyl (C=O) groups is 1. The van der Waals surface area contributed by atoms with Crippen molar-refractivity contribution in [3.8, 4) is 0 Å². The van der Waals surface area contributed by atoms with Crippen LogP contribution in [0.15, 0.2) is 24.3 Å². The molecule has 4 fully saturated rings. The average molecular weight is 484 g/mol. The molecule has 0 saturated heterocycles. The van der Waals surface area contributed by atoms with Crippen LogP contribution in [0.4, 0.5) is 4.39 Å². The van der Waals surface area contributed by atoms with Crippen LogP contribution in [-0.4, -0.2) is 31.6 Å². The van der Waals surface area contributed by atoms with Crippen molar-refractivity contribution >= 4 is 5.91 Å². The Bertz CT molecular complexity index is 886. The highest BCUT2D eigenvalue weighted by Crippen LogP contribution is 2.64. The predicted molar refractivity (Wildman–Crippen MR) is 138 cm³/mol. The third kappa shape index (κ3) is 4.47. The van der Waals surface area contributed by atoms with Gasteiger partial charge in [-0.2, -0.15) is 0 Å². The van der Waals surface area contributed by atoms with Crippen LogP contribution in [0, 0.1) is 52.7 Å². The summed E-state index contributed by atoms with van der Waals surface area (Å²) in [4.78, 5) is 16.0. The van der Waals surface area contributed by atoms with Crippen LogP contribution >= 0.6 is 0 Å². The Morgan fingerprint density at radius 2 is 1.80 bits per heavy atom. The predicted octanol–water partition coefficient (Wildman–Crippen LogP) is 7.27. The summed E-state index contributed by atoms with van der Waals surface area (Å²) in [6.07, 6.45) is 12.5. The molecule has 35 heavy (non-hydrogen) atoms. The normalized spacial score (nSPS) is 39.3. The van der Waals surface area contributed by atoms with Gasteiger partial charge in [0, 0.05) is 26.7 Å². The lowest BCUT2D eigenvalue weighted by atomic mass is 9.49. The maximum atomic E-state index is 14.0. The molecular formula is C31H46FNO2. The van der Waals surface area contributed by atoms with E-state index in [0.717, 1.165) is 54.6 Å². The summed E-state index contributed by atoms with van der Waals surface area (Å²) in [5.41, 5.74) is 1.17. The Labute approximate surface area is 212 Å². The van der Waals surface area contributed by atoms with Gasteiger partial charge in [-0.05, 0) is 123 Å². The lowest BCUT2D eigenvalue weighted by molar-refractivity contribution is -0.144. The van der Waals surface area contributed by atoms with Crippen molar-refractivity contribution in [2.75, 3.05) is 20.8 Å². The fraction of sp³-hybridized carbons (Fsp3) is 0.774. The van der Waals surface area contributed by atoms with Crippen LogP contribution in [0.5, 0.6) is 0 Å². The van der Waals surface area contributed by atoms with Crippen LogP contribution in [0.1, 0.15) is 89.7 Å². The molecule has 194 valence electrons. The van der Waals surface area contributed by atoms with E-state index in [0.29, 0.717) is 11.8 Å². The van der Waals surface area contributed by atoms with E-state index in [1.165, 1.54) is 63.5 Å². The number of hydrogen-bond acceptors (Lipinski definition) is 2. The monoisotopic (exact) mass is 483 g/mol. The van der Waals surface area contributed by atoms with Crippen molar-refractivity contribution in [3.05, 3.63) is 35.6 Å². The molecule has 4 heteroatoms. The molecule has 1 amide bonds. The second kappa shape index (κ2) is 10.1. The van der Waals surface area contributed by atoms with Crippen LogP contribution in [0.2, 0.25) is 0 Å². The molecule has 4 aliphatic carbocycles. The Morgan fingerprint density at radius 3 is 2.51 bits per heavy atom. The molecule has 3 nitrogen and oxygen atoms in total. The summed E-state index contributed by atoms with van der Waals surface area (Å²) in [6.45, 7) is 5.52. The highest BCUT2D eigenvalue weighted by Gasteiger charge is 2.59. The third-order valence-electron chi connectivity index (χ3n) is 11.2. The molecule has 0 heterocycles. The van der Waals surface area contributed by atoms with E-state index in [9.17, 15) is 9.18 Å². The minimum atomic E-state index is -0.220. The number of ether oxygens (including phenoxy) is 1. The Balaban J connectivity index is 1.29. The van der Waals surface area contributed by atoms with Crippen LogP contribution in [0.25, 0.3) is 0 Å². The first-order valence-electron chi connectivity index (χ1n) is 14.4. The minimum absolute atomic E-state index is 0.0137. The molecule has 5 rings (SSSR count). The zero-order chi connectivity index (χ0) is 24.7. The number of nitrogens with zero attached hydrogens (tertiary/aromatic N) is 1. The van der Waals surface area contributed by atoms with Crippen LogP contribution in [-0.2, 0) is 9.53 Å². The first kappa shape index (κ1) is 25.2. The quantitative estimate of drug-likeness (QED) is 0.426. The fourth-order valence-corrected chi connectivity index (χ4v) is 9.56. The number of benzene rings is 1. The second-order valence-electron chi connectivity index (χ2n) is 12.7. The molecule has 1 aromatic rings. The molecule has 4 aliphatic rings. The van der Waals surface area contributed by atoms with Gasteiger partial charge in [-0.1, -0.05) is 26.0 Å². The van der Waals surface area contributed by atoms with Gasteiger partial charge in [0.25, 0.3) is 0 Å². The highest BCUT2D eigenvalue weighted by atomic mass is 19.1. The molecule has 0 spiro atoms. The van der Waals surface area contributed by atoms with Gasteiger partial charge >= 0.3 is 0 Å². The van der Waals surface area contributed by atoms with E-state index in [1.54, 1.807) is 0 Å². The van der Waals surface area contributed by atoms with Crippen LogP contribution in [0.3, 0.4) is 0 Å². The maximum absolute atomic E-state index is 14.0. The topological polar surface area (TPSA) is 29.5 Å². The molecule has 0 aliphatic heterocycles.